The number of hydrogen-bond donors (Lipinski definition) is 1. The van der Waals surface area contributed by atoms with Crippen LogP contribution in [0, 0.1) is 5.92 Å². The minimum atomic E-state index is -0.299. The van der Waals surface area contributed by atoms with Crippen molar-refractivity contribution in [3.63, 3.8) is 0 Å². The highest BCUT2D eigenvalue weighted by molar-refractivity contribution is 5.89. The van der Waals surface area contributed by atoms with Gasteiger partial charge in [-0.1, -0.05) is 6.07 Å². The van der Waals surface area contributed by atoms with E-state index in [2.05, 4.69) is 5.32 Å². The van der Waals surface area contributed by atoms with Crippen LogP contribution in [0.5, 0.6) is 5.75 Å². The van der Waals surface area contributed by atoms with E-state index in [1.807, 2.05) is 12.1 Å². The number of carbonyl (C=O) groups excluding carboxylic acids is 1. The van der Waals surface area contributed by atoms with Crippen LogP contribution >= 0.6 is 0 Å². The van der Waals surface area contributed by atoms with E-state index in [-0.39, 0.29) is 5.97 Å². The van der Waals surface area contributed by atoms with Crippen LogP contribution in [0.1, 0.15) is 30.1 Å². The summed E-state index contributed by atoms with van der Waals surface area (Å²) in [7, 11) is 0. The van der Waals surface area contributed by atoms with Crippen molar-refractivity contribution in [1.82, 2.24) is 5.32 Å². The van der Waals surface area contributed by atoms with Gasteiger partial charge in [-0.05, 0) is 44.5 Å². The van der Waals surface area contributed by atoms with Crippen LogP contribution in [0.3, 0.4) is 0 Å². The maximum absolute atomic E-state index is 11.6. The van der Waals surface area contributed by atoms with E-state index in [9.17, 15) is 4.79 Å². The third-order valence-electron chi connectivity index (χ3n) is 3.23. The first-order valence-electron chi connectivity index (χ1n) is 6.90. The molecule has 0 saturated carbocycles. The molecule has 104 valence electrons. The molecule has 1 saturated heterocycles. The lowest BCUT2D eigenvalue weighted by Gasteiger charge is -2.22. The SMILES string of the molecule is CCOC(=O)c1cccc(OCC2CCCNC2)c1. The van der Waals surface area contributed by atoms with Gasteiger partial charge in [0.2, 0.25) is 0 Å². The summed E-state index contributed by atoms with van der Waals surface area (Å²) in [5.41, 5.74) is 0.543. The number of carbonyl (C=O) groups is 1. The van der Waals surface area contributed by atoms with Crippen molar-refractivity contribution in [3.05, 3.63) is 29.8 Å². The normalized spacial score (nSPS) is 18.9. The van der Waals surface area contributed by atoms with Crippen molar-refractivity contribution in [2.45, 2.75) is 19.8 Å². The van der Waals surface area contributed by atoms with Crippen molar-refractivity contribution in [2.24, 2.45) is 5.92 Å². The smallest absolute Gasteiger partial charge is 0.338 e. The molecule has 0 amide bonds. The third-order valence-corrected chi connectivity index (χ3v) is 3.23. The van der Waals surface area contributed by atoms with Crippen molar-refractivity contribution in [2.75, 3.05) is 26.3 Å². The Bertz CT molecular complexity index is 414. The van der Waals surface area contributed by atoms with E-state index in [4.69, 9.17) is 9.47 Å². The average Bonchev–Trinajstić information content (AvgIpc) is 2.47. The van der Waals surface area contributed by atoms with Gasteiger partial charge in [-0.2, -0.15) is 0 Å². The third kappa shape index (κ3) is 4.24. The lowest BCUT2D eigenvalue weighted by atomic mass is 10.0. The second-order valence-corrected chi connectivity index (χ2v) is 4.77. The highest BCUT2D eigenvalue weighted by atomic mass is 16.5. The number of ether oxygens (including phenoxy) is 2. The van der Waals surface area contributed by atoms with E-state index < -0.39 is 0 Å². The van der Waals surface area contributed by atoms with Gasteiger partial charge < -0.3 is 14.8 Å². The molecule has 1 fully saturated rings. The van der Waals surface area contributed by atoms with Gasteiger partial charge in [0.25, 0.3) is 0 Å². The molecule has 0 bridgehead atoms. The molecule has 1 atom stereocenters. The van der Waals surface area contributed by atoms with E-state index in [0.717, 1.165) is 18.8 Å². The van der Waals surface area contributed by atoms with E-state index in [1.54, 1.807) is 19.1 Å². The lowest BCUT2D eigenvalue weighted by Crippen LogP contribution is -2.33. The summed E-state index contributed by atoms with van der Waals surface area (Å²) >= 11 is 0. The zero-order valence-electron chi connectivity index (χ0n) is 11.4. The standard InChI is InChI=1S/C15H21NO3/c1-2-18-15(17)13-6-3-7-14(9-13)19-11-12-5-4-8-16-10-12/h3,6-7,9,12,16H,2,4-5,8,10-11H2,1H3. The second kappa shape index (κ2) is 7.14. The van der Waals surface area contributed by atoms with Crippen LogP contribution in [0.15, 0.2) is 24.3 Å². The first-order chi connectivity index (χ1) is 9.29. The van der Waals surface area contributed by atoms with Crippen LogP contribution in [0.4, 0.5) is 0 Å². The number of hydrogen-bond acceptors (Lipinski definition) is 4. The topological polar surface area (TPSA) is 47.6 Å². The molecule has 0 aromatic heterocycles. The fourth-order valence-electron chi connectivity index (χ4n) is 2.21. The van der Waals surface area contributed by atoms with Gasteiger partial charge in [-0.3, -0.25) is 0 Å². The molecule has 4 nitrogen and oxygen atoms in total. The van der Waals surface area contributed by atoms with Gasteiger partial charge in [0.05, 0.1) is 18.8 Å². The summed E-state index contributed by atoms with van der Waals surface area (Å²) in [6.07, 6.45) is 2.40. The molecule has 2 rings (SSSR count). The Morgan fingerprint density at radius 1 is 1.47 bits per heavy atom. The summed E-state index contributed by atoms with van der Waals surface area (Å²) < 4.78 is 10.7. The summed E-state index contributed by atoms with van der Waals surface area (Å²) in [5.74, 6) is 0.989. The quantitative estimate of drug-likeness (QED) is 0.828. The molecular weight excluding hydrogens is 242 g/mol. The summed E-state index contributed by atoms with van der Waals surface area (Å²) in [6, 6.07) is 7.18. The average molecular weight is 263 g/mol. The fraction of sp³-hybridized carbons (Fsp3) is 0.533. The largest absolute Gasteiger partial charge is 0.493 e. The minimum absolute atomic E-state index is 0.299. The van der Waals surface area contributed by atoms with Crippen molar-refractivity contribution in [3.8, 4) is 5.75 Å². The molecule has 4 heteroatoms. The lowest BCUT2D eigenvalue weighted by molar-refractivity contribution is 0.0525. The molecule has 1 heterocycles. The molecule has 1 N–H and O–H groups in total. The zero-order valence-corrected chi connectivity index (χ0v) is 11.4. The number of benzene rings is 1. The van der Waals surface area contributed by atoms with Gasteiger partial charge >= 0.3 is 5.97 Å². The maximum atomic E-state index is 11.6. The van der Waals surface area contributed by atoms with Gasteiger partial charge in [0.1, 0.15) is 5.75 Å². The highest BCUT2D eigenvalue weighted by Crippen LogP contribution is 2.17. The molecule has 19 heavy (non-hydrogen) atoms. The Morgan fingerprint density at radius 3 is 3.11 bits per heavy atom. The first kappa shape index (κ1) is 13.9. The highest BCUT2D eigenvalue weighted by Gasteiger charge is 2.14. The Balaban J connectivity index is 1.89. The Hall–Kier alpha value is -1.55. The van der Waals surface area contributed by atoms with Crippen LogP contribution in [-0.2, 0) is 4.74 Å². The summed E-state index contributed by atoms with van der Waals surface area (Å²) in [5, 5.41) is 3.36. The van der Waals surface area contributed by atoms with Crippen molar-refractivity contribution < 1.29 is 14.3 Å². The van der Waals surface area contributed by atoms with E-state index in [0.29, 0.717) is 24.7 Å². The van der Waals surface area contributed by atoms with Crippen molar-refractivity contribution in [1.29, 1.82) is 0 Å². The number of piperidine rings is 1. The Morgan fingerprint density at radius 2 is 2.37 bits per heavy atom. The molecule has 0 aliphatic carbocycles. The number of rotatable bonds is 5. The molecule has 1 aliphatic rings. The van der Waals surface area contributed by atoms with Crippen LogP contribution in [-0.4, -0.2) is 32.3 Å². The Labute approximate surface area is 114 Å². The van der Waals surface area contributed by atoms with E-state index in [1.165, 1.54) is 12.8 Å². The number of nitrogens with one attached hydrogen (secondary N) is 1. The summed E-state index contributed by atoms with van der Waals surface area (Å²) in [6.45, 7) is 5.00. The molecule has 1 aromatic rings. The van der Waals surface area contributed by atoms with Crippen LogP contribution < -0.4 is 10.1 Å². The molecule has 1 aromatic carbocycles. The Kier molecular flexibility index (Phi) is 5.21. The predicted molar refractivity (Wildman–Crippen MR) is 73.5 cm³/mol. The van der Waals surface area contributed by atoms with Crippen LogP contribution in [0.2, 0.25) is 0 Å². The molecule has 0 radical (unpaired) electrons. The predicted octanol–water partition coefficient (Wildman–Crippen LogP) is 2.24. The molecular formula is C15H21NO3. The monoisotopic (exact) mass is 263 g/mol. The number of esters is 1. The molecule has 1 unspecified atom stereocenters. The van der Waals surface area contributed by atoms with Crippen LogP contribution in [0.25, 0.3) is 0 Å². The maximum Gasteiger partial charge on any atom is 0.338 e. The van der Waals surface area contributed by atoms with E-state index >= 15 is 0 Å². The fourth-order valence-corrected chi connectivity index (χ4v) is 2.21. The molecule has 0 spiro atoms. The molecule has 1 aliphatic heterocycles. The van der Waals surface area contributed by atoms with Gasteiger partial charge in [-0.15, -0.1) is 0 Å². The zero-order chi connectivity index (χ0) is 13.5. The van der Waals surface area contributed by atoms with Gasteiger partial charge in [0.15, 0.2) is 0 Å². The van der Waals surface area contributed by atoms with Gasteiger partial charge in [-0.25, -0.2) is 4.79 Å². The first-order valence-corrected chi connectivity index (χ1v) is 6.90. The van der Waals surface area contributed by atoms with Gasteiger partial charge in [0, 0.05) is 12.5 Å². The van der Waals surface area contributed by atoms with Crippen molar-refractivity contribution >= 4 is 5.97 Å². The summed E-state index contributed by atoms with van der Waals surface area (Å²) in [4.78, 5) is 11.6. The minimum Gasteiger partial charge on any atom is -0.493 e. The second-order valence-electron chi connectivity index (χ2n) is 4.77.